The molecule has 0 amide bonds. The van der Waals surface area contributed by atoms with Crippen molar-refractivity contribution in [1.82, 2.24) is 0 Å². The maximum Gasteiger partial charge on any atom is 0.273 e. The van der Waals surface area contributed by atoms with E-state index in [9.17, 15) is 15.2 Å². The maximum absolute atomic E-state index is 10.7. The Morgan fingerprint density at radius 1 is 1.07 bits per heavy atom. The molecule has 0 aromatic heterocycles. The first kappa shape index (κ1) is 20.4. The van der Waals surface area contributed by atoms with E-state index in [1.165, 1.54) is 50.5 Å². The van der Waals surface area contributed by atoms with Crippen molar-refractivity contribution in [2.45, 2.75) is 45.4 Å². The van der Waals surface area contributed by atoms with Crippen LogP contribution in [0.2, 0.25) is 0 Å². The smallest absolute Gasteiger partial charge is 0.273 e. The largest absolute Gasteiger partial charge is 0.507 e. The first-order valence-corrected chi connectivity index (χ1v) is 9.34. The fourth-order valence-corrected chi connectivity index (χ4v) is 2.60. The summed E-state index contributed by atoms with van der Waals surface area (Å²) in [5.74, 6) is 0.632. The molecule has 0 fully saturated rings. The van der Waals surface area contributed by atoms with Gasteiger partial charge in [-0.15, -0.1) is 0 Å². The zero-order valence-electron chi connectivity index (χ0n) is 15.6. The lowest BCUT2D eigenvalue weighted by Gasteiger charge is -2.06. The number of phenols is 1. The summed E-state index contributed by atoms with van der Waals surface area (Å²) in [7, 11) is 0. The third-order valence-electron chi connectivity index (χ3n) is 4.18. The van der Waals surface area contributed by atoms with Crippen LogP contribution < -0.4 is 4.74 Å². The van der Waals surface area contributed by atoms with Gasteiger partial charge >= 0.3 is 0 Å². The van der Waals surface area contributed by atoms with Gasteiger partial charge in [-0.3, -0.25) is 15.1 Å². The highest BCUT2D eigenvalue weighted by Crippen LogP contribution is 2.23. The van der Waals surface area contributed by atoms with Gasteiger partial charge in [-0.2, -0.15) is 0 Å². The van der Waals surface area contributed by atoms with Gasteiger partial charge in [0.15, 0.2) is 0 Å². The van der Waals surface area contributed by atoms with Crippen molar-refractivity contribution in [2.75, 3.05) is 6.61 Å². The Bertz CT molecular complexity index is 757. The Kier molecular flexibility index (Phi) is 8.29. The molecule has 27 heavy (non-hydrogen) atoms. The number of rotatable bonds is 11. The monoisotopic (exact) mass is 370 g/mol. The Morgan fingerprint density at radius 3 is 2.44 bits per heavy atom. The molecule has 0 bridgehead atoms. The van der Waals surface area contributed by atoms with Crippen LogP contribution in [0.3, 0.4) is 0 Å². The Morgan fingerprint density at radius 2 is 1.78 bits per heavy atom. The van der Waals surface area contributed by atoms with Gasteiger partial charge in [-0.05, 0) is 36.8 Å². The maximum atomic E-state index is 10.7. The van der Waals surface area contributed by atoms with Gasteiger partial charge in [0.1, 0.15) is 11.5 Å². The van der Waals surface area contributed by atoms with Crippen LogP contribution in [-0.4, -0.2) is 22.9 Å². The average Bonchev–Trinajstić information content (AvgIpc) is 2.67. The molecule has 0 atom stereocenters. The van der Waals surface area contributed by atoms with Crippen molar-refractivity contribution in [2.24, 2.45) is 4.99 Å². The molecule has 0 spiro atoms. The highest BCUT2D eigenvalue weighted by Gasteiger charge is 2.08. The molecule has 6 heteroatoms. The standard InChI is InChI=1S/C21H26N2O4/c1-2-3-4-5-6-7-14-27-20-12-9-18(10-13-20)22-16-17-8-11-19(23(25)26)15-21(17)24/h8-13,15-16,24H,2-7,14H2,1H3. The number of benzene rings is 2. The van der Waals surface area contributed by atoms with Crippen molar-refractivity contribution in [3.8, 4) is 11.5 Å². The van der Waals surface area contributed by atoms with Crippen LogP contribution in [0.1, 0.15) is 51.0 Å². The van der Waals surface area contributed by atoms with Crippen LogP contribution >= 0.6 is 0 Å². The molecule has 0 unspecified atom stereocenters. The Labute approximate surface area is 159 Å². The van der Waals surface area contributed by atoms with E-state index in [1.54, 1.807) is 0 Å². The first-order chi connectivity index (χ1) is 13.1. The first-order valence-electron chi connectivity index (χ1n) is 9.34. The van der Waals surface area contributed by atoms with E-state index < -0.39 is 4.92 Å². The lowest BCUT2D eigenvalue weighted by molar-refractivity contribution is -0.384. The van der Waals surface area contributed by atoms with E-state index in [0.29, 0.717) is 17.9 Å². The fourth-order valence-electron chi connectivity index (χ4n) is 2.60. The molecule has 6 nitrogen and oxygen atoms in total. The number of hydrogen-bond acceptors (Lipinski definition) is 5. The fraction of sp³-hybridized carbons (Fsp3) is 0.381. The van der Waals surface area contributed by atoms with Crippen molar-refractivity contribution in [1.29, 1.82) is 0 Å². The number of nitrogens with zero attached hydrogens (tertiary/aromatic N) is 2. The van der Waals surface area contributed by atoms with Crippen molar-refractivity contribution in [3.63, 3.8) is 0 Å². The second-order valence-corrected chi connectivity index (χ2v) is 6.37. The summed E-state index contributed by atoms with van der Waals surface area (Å²) in [5.41, 5.74) is 0.972. The number of ether oxygens (including phenoxy) is 1. The Hall–Kier alpha value is -2.89. The second-order valence-electron chi connectivity index (χ2n) is 6.37. The van der Waals surface area contributed by atoms with Crippen LogP contribution in [0.25, 0.3) is 0 Å². The predicted molar refractivity (Wildman–Crippen MR) is 107 cm³/mol. The number of aliphatic imine (C=N–C) groups is 1. The number of phenolic OH excluding ortho intramolecular Hbond substituents is 1. The van der Waals surface area contributed by atoms with E-state index >= 15 is 0 Å². The molecule has 2 aromatic carbocycles. The molecule has 0 aliphatic carbocycles. The second kappa shape index (κ2) is 11.0. The summed E-state index contributed by atoms with van der Waals surface area (Å²) in [6.07, 6.45) is 8.86. The summed E-state index contributed by atoms with van der Waals surface area (Å²) in [5, 5.41) is 20.5. The van der Waals surface area contributed by atoms with Gasteiger partial charge in [0.2, 0.25) is 0 Å². The molecule has 1 N–H and O–H groups in total. The zero-order chi connectivity index (χ0) is 19.5. The van der Waals surface area contributed by atoms with Gasteiger partial charge in [-0.1, -0.05) is 39.0 Å². The van der Waals surface area contributed by atoms with Gasteiger partial charge in [0.25, 0.3) is 5.69 Å². The van der Waals surface area contributed by atoms with E-state index in [0.717, 1.165) is 18.2 Å². The molecular formula is C21H26N2O4. The van der Waals surface area contributed by atoms with Crippen molar-refractivity contribution >= 4 is 17.6 Å². The summed E-state index contributed by atoms with van der Waals surface area (Å²) >= 11 is 0. The molecule has 0 aliphatic heterocycles. The molecule has 0 aliphatic rings. The normalized spacial score (nSPS) is 11.0. The minimum absolute atomic E-state index is 0.156. The molecule has 0 heterocycles. The minimum Gasteiger partial charge on any atom is -0.507 e. The minimum atomic E-state index is -0.551. The van der Waals surface area contributed by atoms with Crippen LogP contribution in [0, 0.1) is 10.1 Å². The van der Waals surface area contributed by atoms with Gasteiger partial charge in [-0.25, -0.2) is 0 Å². The zero-order valence-corrected chi connectivity index (χ0v) is 15.6. The molecule has 2 rings (SSSR count). The topological polar surface area (TPSA) is 85.0 Å². The van der Waals surface area contributed by atoms with E-state index in [1.807, 2.05) is 24.3 Å². The number of unbranched alkanes of at least 4 members (excludes halogenated alkanes) is 5. The molecule has 0 radical (unpaired) electrons. The third-order valence-corrected chi connectivity index (χ3v) is 4.18. The van der Waals surface area contributed by atoms with E-state index in [4.69, 9.17) is 4.74 Å². The summed E-state index contributed by atoms with van der Waals surface area (Å²) in [4.78, 5) is 14.4. The number of nitro groups is 1. The molecule has 2 aromatic rings. The van der Waals surface area contributed by atoms with Crippen LogP contribution in [0.15, 0.2) is 47.5 Å². The Balaban J connectivity index is 1.81. The molecule has 0 saturated heterocycles. The van der Waals surface area contributed by atoms with Crippen LogP contribution in [-0.2, 0) is 0 Å². The lowest BCUT2D eigenvalue weighted by atomic mass is 10.1. The quantitative estimate of drug-likeness (QED) is 0.235. The van der Waals surface area contributed by atoms with Crippen molar-refractivity contribution in [3.05, 3.63) is 58.1 Å². The third kappa shape index (κ3) is 7.09. The van der Waals surface area contributed by atoms with Gasteiger partial charge in [0.05, 0.1) is 23.3 Å². The SMILES string of the molecule is CCCCCCCCOc1ccc(N=Cc2ccc([N+](=O)[O-])cc2O)cc1. The van der Waals surface area contributed by atoms with Crippen LogP contribution in [0.5, 0.6) is 11.5 Å². The van der Waals surface area contributed by atoms with Gasteiger partial charge < -0.3 is 9.84 Å². The summed E-state index contributed by atoms with van der Waals surface area (Å²) in [6.45, 7) is 2.93. The van der Waals surface area contributed by atoms with E-state index in [2.05, 4.69) is 11.9 Å². The number of aromatic hydroxyl groups is 1. The predicted octanol–water partition coefficient (Wildman–Crippen LogP) is 5.79. The molecule has 144 valence electrons. The summed E-state index contributed by atoms with van der Waals surface area (Å²) in [6, 6.07) is 11.3. The van der Waals surface area contributed by atoms with Crippen LogP contribution in [0.4, 0.5) is 11.4 Å². The van der Waals surface area contributed by atoms with Gasteiger partial charge in [0, 0.05) is 17.8 Å². The number of nitro benzene ring substituents is 1. The number of non-ortho nitro benzene ring substituents is 1. The molecule has 0 saturated carbocycles. The average molecular weight is 370 g/mol. The molecular weight excluding hydrogens is 344 g/mol. The lowest BCUT2D eigenvalue weighted by Crippen LogP contribution is -1.96. The van der Waals surface area contributed by atoms with E-state index in [-0.39, 0.29) is 11.4 Å². The number of hydrogen-bond donors (Lipinski definition) is 1. The van der Waals surface area contributed by atoms with Crippen molar-refractivity contribution < 1.29 is 14.8 Å². The highest BCUT2D eigenvalue weighted by atomic mass is 16.6. The highest BCUT2D eigenvalue weighted by molar-refractivity contribution is 5.85. The summed E-state index contributed by atoms with van der Waals surface area (Å²) < 4.78 is 5.73.